The third-order valence-electron chi connectivity index (χ3n) is 3.95. The number of alkyl halides is 3. The van der Waals surface area contributed by atoms with Gasteiger partial charge in [-0.3, -0.25) is 4.79 Å². The highest BCUT2D eigenvalue weighted by Gasteiger charge is 2.43. The van der Waals surface area contributed by atoms with Gasteiger partial charge in [-0.1, -0.05) is 0 Å². The lowest BCUT2D eigenvalue weighted by Crippen LogP contribution is -2.33. The van der Waals surface area contributed by atoms with Crippen molar-refractivity contribution in [1.29, 1.82) is 0 Å². The fourth-order valence-corrected chi connectivity index (χ4v) is 3.10. The summed E-state index contributed by atoms with van der Waals surface area (Å²) < 4.78 is 41.1. The van der Waals surface area contributed by atoms with Gasteiger partial charge in [-0.05, 0) is 64.8 Å². The third kappa shape index (κ3) is 4.21. The van der Waals surface area contributed by atoms with Crippen molar-refractivity contribution in [3.8, 4) is 5.75 Å². The molecule has 1 aliphatic rings. The molecule has 0 aliphatic carbocycles. The number of carbonyl (C=O) groups excluding carboxylic acids is 2. The van der Waals surface area contributed by atoms with E-state index in [1.165, 1.54) is 17.0 Å². The van der Waals surface area contributed by atoms with Gasteiger partial charge in [-0.2, -0.15) is 0 Å². The molecular formula is C17H13BrF3N3O3. The van der Waals surface area contributed by atoms with Crippen LogP contribution in [0, 0.1) is 0 Å². The number of anilines is 1. The van der Waals surface area contributed by atoms with E-state index in [9.17, 15) is 22.8 Å². The summed E-state index contributed by atoms with van der Waals surface area (Å²) in [5, 5.41) is 0. The Morgan fingerprint density at radius 1 is 1.19 bits per heavy atom. The molecule has 2 aromatic rings. The van der Waals surface area contributed by atoms with Crippen LogP contribution >= 0.6 is 15.9 Å². The monoisotopic (exact) mass is 443 g/mol. The molecule has 1 aliphatic heterocycles. The summed E-state index contributed by atoms with van der Waals surface area (Å²) >= 11 is 3.25. The zero-order chi connectivity index (χ0) is 19.8. The molecule has 0 saturated carbocycles. The Kier molecular flexibility index (Phi) is 5.09. The number of carbonyl (C=O) groups is 2. The number of amides is 3. The fraction of sp³-hybridized carbons (Fsp3) is 0.235. The number of urea groups is 1. The number of hydrogen-bond acceptors (Lipinski definition) is 4. The second-order valence-electron chi connectivity index (χ2n) is 5.79. The highest BCUT2D eigenvalue weighted by Crippen LogP contribution is 2.30. The number of ether oxygens (including phenoxy) is 1. The second kappa shape index (κ2) is 7.18. The van der Waals surface area contributed by atoms with Gasteiger partial charge in [0.05, 0.1) is 5.69 Å². The fourth-order valence-electron chi connectivity index (χ4n) is 2.69. The lowest BCUT2D eigenvalue weighted by atomic mass is 10.2. The number of hydrogen-bond donors (Lipinski definition) is 0. The maximum absolute atomic E-state index is 12.7. The van der Waals surface area contributed by atoms with Crippen LogP contribution in [-0.4, -0.2) is 34.2 Å². The molecular weight excluding hydrogens is 431 g/mol. The first-order valence-corrected chi connectivity index (χ1v) is 8.56. The third-order valence-corrected chi connectivity index (χ3v) is 4.39. The first-order valence-electron chi connectivity index (χ1n) is 7.76. The molecule has 0 N–H and O–H groups in total. The number of imide groups is 1. The van der Waals surface area contributed by atoms with Crippen LogP contribution in [-0.2, 0) is 11.3 Å². The van der Waals surface area contributed by atoms with Crippen molar-refractivity contribution < 1.29 is 27.5 Å². The van der Waals surface area contributed by atoms with E-state index in [1.54, 1.807) is 25.3 Å². The van der Waals surface area contributed by atoms with Crippen molar-refractivity contribution >= 4 is 33.6 Å². The summed E-state index contributed by atoms with van der Waals surface area (Å²) in [4.78, 5) is 31.6. The Morgan fingerprint density at radius 2 is 1.85 bits per heavy atom. The van der Waals surface area contributed by atoms with Crippen LogP contribution in [0.4, 0.5) is 23.7 Å². The molecule has 6 nitrogen and oxygen atoms in total. The summed E-state index contributed by atoms with van der Waals surface area (Å²) in [6.45, 7) is 1.79. The average Bonchev–Trinajstić information content (AvgIpc) is 2.78. The first-order chi connectivity index (χ1) is 12.7. The SMILES string of the molecule is CC1C(=O)N(c2ccc(OC(F)(F)F)cc2)C(=O)N1Cc1ccnc(Br)c1. The smallest absolute Gasteiger partial charge is 0.406 e. The maximum Gasteiger partial charge on any atom is 0.573 e. The van der Waals surface area contributed by atoms with Gasteiger partial charge in [-0.15, -0.1) is 13.2 Å². The quantitative estimate of drug-likeness (QED) is 0.527. The van der Waals surface area contributed by atoms with Crippen LogP contribution in [0.1, 0.15) is 12.5 Å². The lowest BCUT2D eigenvalue weighted by molar-refractivity contribution is -0.274. The van der Waals surface area contributed by atoms with E-state index in [-0.39, 0.29) is 12.2 Å². The Balaban J connectivity index is 1.80. The normalized spacial score (nSPS) is 17.6. The molecule has 142 valence electrons. The largest absolute Gasteiger partial charge is 0.573 e. The van der Waals surface area contributed by atoms with Crippen molar-refractivity contribution in [3.05, 3.63) is 52.8 Å². The molecule has 1 saturated heterocycles. The molecule has 27 heavy (non-hydrogen) atoms. The van der Waals surface area contributed by atoms with E-state index in [0.29, 0.717) is 4.60 Å². The summed E-state index contributed by atoms with van der Waals surface area (Å²) in [6, 6.07) is 6.76. The molecule has 1 atom stereocenters. The summed E-state index contributed by atoms with van der Waals surface area (Å²) in [5.74, 6) is -0.894. The summed E-state index contributed by atoms with van der Waals surface area (Å²) in [6.07, 6.45) is -3.24. The summed E-state index contributed by atoms with van der Waals surface area (Å²) in [7, 11) is 0. The Hall–Kier alpha value is -2.62. The van der Waals surface area contributed by atoms with Crippen LogP contribution in [0.25, 0.3) is 0 Å². The number of halogens is 4. The van der Waals surface area contributed by atoms with Gasteiger partial charge >= 0.3 is 12.4 Å². The van der Waals surface area contributed by atoms with E-state index in [2.05, 4.69) is 25.7 Å². The minimum absolute atomic E-state index is 0.171. The van der Waals surface area contributed by atoms with Gasteiger partial charge < -0.3 is 9.64 Å². The predicted octanol–water partition coefficient (Wildman–Crippen LogP) is 4.10. The molecule has 1 fully saturated rings. The topological polar surface area (TPSA) is 62.7 Å². The van der Waals surface area contributed by atoms with E-state index >= 15 is 0 Å². The minimum atomic E-state index is -4.81. The number of rotatable bonds is 4. The molecule has 10 heteroatoms. The highest BCUT2D eigenvalue weighted by atomic mass is 79.9. The second-order valence-corrected chi connectivity index (χ2v) is 6.60. The lowest BCUT2D eigenvalue weighted by Gasteiger charge is -2.19. The summed E-state index contributed by atoms with van der Waals surface area (Å²) in [5.41, 5.74) is 0.949. The molecule has 2 heterocycles. The van der Waals surface area contributed by atoms with Crippen molar-refractivity contribution in [1.82, 2.24) is 9.88 Å². The van der Waals surface area contributed by atoms with Gasteiger partial charge in [0.15, 0.2) is 0 Å². The zero-order valence-corrected chi connectivity index (χ0v) is 15.5. The van der Waals surface area contributed by atoms with Crippen LogP contribution in [0.3, 0.4) is 0 Å². The van der Waals surface area contributed by atoms with Gasteiger partial charge in [-0.25, -0.2) is 14.7 Å². The van der Waals surface area contributed by atoms with Crippen LogP contribution < -0.4 is 9.64 Å². The van der Waals surface area contributed by atoms with Gasteiger partial charge in [0.1, 0.15) is 16.4 Å². The first kappa shape index (κ1) is 19.2. The minimum Gasteiger partial charge on any atom is -0.406 e. The Morgan fingerprint density at radius 3 is 2.44 bits per heavy atom. The average molecular weight is 444 g/mol. The highest BCUT2D eigenvalue weighted by molar-refractivity contribution is 9.10. The number of aromatic nitrogens is 1. The molecule has 3 rings (SSSR count). The molecule has 0 bridgehead atoms. The number of nitrogens with zero attached hydrogens (tertiary/aromatic N) is 3. The predicted molar refractivity (Wildman–Crippen MR) is 92.9 cm³/mol. The molecule has 3 amide bonds. The molecule has 1 unspecified atom stereocenters. The maximum atomic E-state index is 12.7. The van der Waals surface area contributed by atoms with E-state index in [4.69, 9.17) is 0 Å². The van der Waals surface area contributed by atoms with Gasteiger partial charge in [0.25, 0.3) is 5.91 Å². The Labute approximate surface area is 160 Å². The van der Waals surface area contributed by atoms with E-state index in [1.807, 2.05) is 0 Å². The number of pyridine rings is 1. The van der Waals surface area contributed by atoms with Gasteiger partial charge in [0.2, 0.25) is 0 Å². The van der Waals surface area contributed by atoms with Crippen LogP contribution in [0.5, 0.6) is 5.75 Å². The van der Waals surface area contributed by atoms with Gasteiger partial charge in [0, 0.05) is 12.7 Å². The van der Waals surface area contributed by atoms with Crippen molar-refractivity contribution in [2.45, 2.75) is 25.9 Å². The van der Waals surface area contributed by atoms with E-state index < -0.39 is 30.1 Å². The zero-order valence-electron chi connectivity index (χ0n) is 13.9. The van der Waals surface area contributed by atoms with Crippen molar-refractivity contribution in [2.24, 2.45) is 0 Å². The molecule has 1 aromatic heterocycles. The van der Waals surface area contributed by atoms with Crippen molar-refractivity contribution in [2.75, 3.05) is 4.90 Å². The molecule has 1 aromatic carbocycles. The number of benzene rings is 1. The van der Waals surface area contributed by atoms with E-state index in [0.717, 1.165) is 22.6 Å². The molecule has 0 spiro atoms. The van der Waals surface area contributed by atoms with Crippen molar-refractivity contribution in [3.63, 3.8) is 0 Å². The van der Waals surface area contributed by atoms with Crippen LogP contribution in [0.2, 0.25) is 0 Å². The van der Waals surface area contributed by atoms with Crippen LogP contribution in [0.15, 0.2) is 47.2 Å². The standard InChI is InChI=1S/C17H13BrF3N3O3/c1-10-15(25)24(12-2-4-13(5-3-12)27-17(19,20)21)16(26)23(10)9-11-6-7-22-14(18)8-11/h2-8,10H,9H2,1H3. The molecule has 0 radical (unpaired) electrons. The Bertz CT molecular complexity index is 874.